The molecule has 0 unspecified atom stereocenters. The van der Waals surface area contributed by atoms with E-state index in [-0.39, 0.29) is 0 Å². The monoisotopic (exact) mass is 440 g/mol. The van der Waals surface area contributed by atoms with Crippen molar-refractivity contribution in [2.45, 2.75) is 45.1 Å². The van der Waals surface area contributed by atoms with E-state index in [4.69, 9.17) is 0 Å². The predicted molar refractivity (Wildman–Crippen MR) is 128 cm³/mol. The van der Waals surface area contributed by atoms with E-state index in [1.807, 2.05) is 26.0 Å². The number of guanidine groups is 1. The standard InChI is InChI=1S/C24H32N4O2S/c1-5-19-8-7-9-21-20(16-27-23(19)21)12-13-26-24(25-6-2)28-15-18-10-11-22(17(3)14-18)31(4,29)30/h7-11,14,16,27H,5-6,12-13,15H2,1-4H3,(H2,25,26,28). The lowest BCUT2D eigenvalue weighted by Gasteiger charge is -2.12. The van der Waals surface area contributed by atoms with Crippen LogP contribution in [0.1, 0.15) is 36.1 Å². The van der Waals surface area contributed by atoms with Gasteiger partial charge in [-0.25, -0.2) is 13.4 Å². The molecule has 7 heteroatoms. The first-order valence-corrected chi connectivity index (χ1v) is 12.6. The van der Waals surface area contributed by atoms with Crippen molar-refractivity contribution >= 4 is 26.7 Å². The summed E-state index contributed by atoms with van der Waals surface area (Å²) < 4.78 is 23.6. The van der Waals surface area contributed by atoms with Crippen LogP contribution in [0.2, 0.25) is 0 Å². The molecule has 6 nitrogen and oxygen atoms in total. The van der Waals surface area contributed by atoms with Gasteiger partial charge in [-0.05, 0) is 55.0 Å². The molecule has 2 aromatic carbocycles. The lowest BCUT2D eigenvalue weighted by molar-refractivity contribution is 0.601. The number of benzene rings is 2. The van der Waals surface area contributed by atoms with Gasteiger partial charge in [0, 0.05) is 36.4 Å². The molecule has 0 fully saturated rings. The molecule has 0 aliphatic heterocycles. The lowest BCUT2D eigenvalue weighted by atomic mass is 10.1. The Morgan fingerprint density at radius 3 is 2.58 bits per heavy atom. The molecular weight excluding hydrogens is 408 g/mol. The van der Waals surface area contributed by atoms with E-state index in [0.29, 0.717) is 11.4 Å². The minimum atomic E-state index is -3.21. The van der Waals surface area contributed by atoms with Crippen molar-refractivity contribution in [1.29, 1.82) is 0 Å². The van der Waals surface area contributed by atoms with Crippen molar-refractivity contribution in [3.63, 3.8) is 0 Å². The molecule has 1 heterocycles. The molecule has 0 saturated carbocycles. The van der Waals surface area contributed by atoms with Gasteiger partial charge in [0.05, 0.1) is 11.4 Å². The number of nitrogens with one attached hydrogen (secondary N) is 3. The first-order chi connectivity index (χ1) is 14.8. The molecule has 0 aliphatic carbocycles. The second-order valence-electron chi connectivity index (χ2n) is 7.75. The summed E-state index contributed by atoms with van der Waals surface area (Å²) in [4.78, 5) is 8.45. The molecule has 0 atom stereocenters. The van der Waals surface area contributed by atoms with Gasteiger partial charge in [-0.1, -0.05) is 37.3 Å². The highest BCUT2D eigenvalue weighted by Crippen LogP contribution is 2.22. The minimum absolute atomic E-state index is 0.371. The average Bonchev–Trinajstić information content (AvgIpc) is 3.14. The van der Waals surface area contributed by atoms with E-state index in [1.165, 1.54) is 28.3 Å². The van der Waals surface area contributed by atoms with Crippen LogP contribution in [0.25, 0.3) is 10.9 Å². The number of aryl methyl sites for hydroxylation is 2. The number of aliphatic imine (C=N–C) groups is 1. The third-order valence-corrected chi connectivity index (χ3v) is 6.61. The Morgan fingerprint density at radius 1 is 1.10 bits per heavy atom. The van der Waals surface area contributed by atoms with Crippen LogP contribution >= 0.6 is 0 Å². The van der Waals surface area contributed by atoms with Crippen LogP contribution in [0.15, 0.2) is 52.5 Å². The van der Waals surface area contributed by atoms with E-state index >= 15 is 0 Å². The first kappa shape index (κ1) is 22.9. The van der Waals surface area contributed by atoms with Crippen LogP contribution in [-0.4, -0.2) is 38.7 Å². The quantitative estimate of drug-likeness (QED) is 0.368. The maximum absolute atomic E-state index is 11.8. The molecule has 0 aliphatic rings. The number of aromatic nitrogens is 1. The first-order valence-electron chi connectivity index (χ1n) is 10.7. The highest BCUT2D eigenvalue weighted by molar-refractivity contribution is 7.90. The van der Waals surface area contributed by atoms with Gasteiger partial charge in [-0.3, -0.25) is 0 Å². The molecule has 0 spiro atoms. The molecule has 1 aromatic heterocycles. The lowest BCUT2D eigenvalue weighted by Crippen LogP contribution is -2.38. The molecule has 166 valence electrons. The third kappa shape index (κ3) is 5.67. The van der Waals surface area contributed by atoms with Gasteiger partial charge < -0.3 is 15.6 Å². The van der Waals surface area contributed by atoms with Crippen LogP contribution in [0.3, 0.4) is 0 Å². The van der Waals surface area contributed by atoms with Crippen LogP contribution in [0, 0.1) is 6.92 Å². The number of H-pyrrole nitrogens is 1. The highest BCUT2D eigenvalue weighted by atomic mass is 32.2. The third-order valence-electron chi connectivity index (χ3n) is 5.36. The zero-order valence-electron chi connectivity index (χ0n) is 18.7. The van der Waals surface area contributed by atoms with E-state index in [0.717, 1.165) is 43.0 Å². The van der Waals surface area contributed by atoms with Crippen LogP contribution in [0.4, 0.5) is 0 Å². The molecule has 31 heavy (non-hydrogen) atoms. The molecule has 3 rings (SSSR count). The Labute approximate surface area is 185 Å². The van der Waals surface area contributed by atoms with E-state index < -0.39 is 9.84 Å². The van der Waals surface area contributed by atoms with Crippen molar-refractivity contribution in [2.24, 2.45) is 4.99 Å². The number of fused-ring (bicyclic) bond motifs is 1. The minimum Gasteiger partial charge on any atom is -0.361 e. The van der Waals surface area contributed by atoms with Crippen LogP contribution in [-0.2, 0) is 29.2 Å². The maximum Gasteiger partial charge on any atom is 0.191 e. The summed E-state index contributed by atoms with van der Waals surface area (Å²) in [5, 5.41) is 7.96. The van der Waals surface area contributed by atoms with Crippen molar-refractivity contribution in [1.82, 2.24) is 15.6 Å². The second kappa shape index (κ2) is 10.0. The van der Waals surface area contributed by atoms with Crippen molar-refractivity contribution in [3.05, 3.63) is 64.8 Å². The zero-order chi connectivity index (χ0) is 22.4. The van der Waals surface area contributed by atoms with Crippen LogP contribution < -0.4 is 10.6 Å². The molecule has 0 bridgehead atoms. The van der Waals surface area contributed by atoms with E-state index in [2.05, 4.69) is 51.9 Å². The summed E-state index contributed by atoms with van der Waals surface area (Å²) in [6.45, 7) is 8.04. The normalized spacial score (nSPS) is 12.3. The fourth-order valence-electron chi connectivity index (χ4n) is 3.83. The zero-order valence-corrected chi connectivity index (χ0v) is 19.6. The van der Waals surface area contributed by atoms with Crippen LogP contribution in [0.5, 0.6) is 0 Å². The Morgan fingerprint density at radius 2 is 1.90 bits per heavy atom. The molecule has 3 aromatic rings. The Hall–Kier alpha value is -2.80. The summed E-state index contributed by atoms with van der Waals surface area (Å²) in [5.74, 6) is 0.751. The summed E-state index contributed by atoms with van der Waals surface area (Å²) in [7, 11) is -3.21. The Bertz CT molecular complexity index is 1180. The van der Waals surface area contributed by atoms with E-state index in [9.17, 15) is 8.42 Å². The molecule has 0 radical (unpaired) electrons. The maximum atomic E-state index is 11.8. The second-order valence-corrected chi connectivity index (χ2v) is 9.74. The van der Waals surface area contributed by atoms with Crippen molar-refractivity contribution in [2.75, 3.05) is 19.3 Å². The fraction of sp³-hybridized carbons (Fsp3) is 0.375. The molecule has 0 amide bonds. The summed E-state index contributed by atoms with van der Waals surface area (Å²) >= 11 is 0. The van der Waals surface area contributed by atoms with Gasteiger partial charge in [0.2, 0.25) is 0 Å². The largest absolute Gasteiger partial charge is 0.361 e. The number of hydrogen-bond donors (Lipinski definition) is 3. The topological polar surface area (TPSA) is 86.3 Å². The number of sulfone groups is 1. The summed E-state index contributed by atoms with van der Waals surface area (Å²) in [5.41, 5.74) is 5.59. The number of rotatable bonds is 8. The smallest absolute Gasteiger partial charge is 0.191 e. The summed E-state index contributed by atoms with van der Waals surface area (Å²) in [6, 6.07) is 11.8. The van der Waals surface area contributed by atoms with Gasteiger partial charge in [-0.15, -0.1) is 0 Å². The van der Waals surface area contributed by atoms with Gasteiger partial charge in [0.15, 0.2) is 15.8 Å². The number of para-hydroxylation sites is 1. The van der Waals surface area contributed by atoms with E-state index in [1.54, 1.807) is 6.07 Å². The van der Waals surface area contributed by atoms with Crippen molar-refractivity contribution in [3.8, 4) is 0 Å². The number of nitrogens with zero attached hydrogens (tertiary/aromatic N) is 1. The highest BCUT2D eigenvalue weighted by Gasteiger charge is 2.11. The van der Waals surface area contributed by atoms with Gasteiger partial charge in [-0.2, -0.15) is 0 Å². The molecule has 0 saturated heterocycles. The molecule has 3 N–H and O–H groups in total. The molecular formula is C24H32N4O2S. The Kier molecular flexibility index (Phi) is 7.38. The SMILES string of the molecule is CCNC(=NCc1ccc(S(C)(=O)=O)c(C)c1)NCCc1c[nH]c2c(CC)cccc12. The van der Waals surface area contributed by atoms with Crippen molar-refractivity contribution < 1.29 is 8.42 Å². The van der Waals surface area contributed by atoms with Gasteiger partial charge in [0.25, 0.3) is 0 Å². The fourth-order valence-corrected chi connectivity index (χ4v) is 4.79. The predicted octanol–water partition coefficient (Wildman–Crippen LogP) is 3.74. The van der Waals surface area contributed by atoms with Gasteiger partial charge >= 0.3 is 0 Å². The number of aromatic amines is 1. The Balaban J connectivity index is 1.65. The van der Waals surface area contributed by atoms with Gasteiger partial charge in [0.1, 0.15) is 0 Å². The average molecular weight is 441 g/mol. The summed E-state index contributed by atoms with van der Waals surface area (Å²) in [6.07, 6.45) is 5.23. The number of hydrogen-bond acceptors (Lipinski definition) is 3.